The van der Waals surface area contributed by atoms with Crippen LogP contribution in [0.1, 0.15) is 44.1 Å². The fraction of sp³-hybridized carbons (Fsp3) is 0.647. The number of likely N-dealkylation sites (tertiary alicyclic amines) is 1. The maximum atomic E-state index is 12.4. The van der Waals surface area contributed by atoms with E-state index >= 15 is 0 Å². The third kappa shape index (κ3) is 7.06. The van der Waals surface area contributed by atoms with Gasteiger partial charge in [-0.1, -0.05) is 13.0 Å². The molecule has 1 fully saturated rings. The molecule has 1 amide bonds. The van der Waals surface area contributed by atoms with E-state index in [1.54, 1.807) is 6.20 Å². The van der Waals surface area contributed by atoms with Gasteiger partial charge in [-0.2, -0.15) is 0 Å². The Morgan fingerprint density at radius 2 is 2.09 bits per heavy atom. The summed E-state index contributed by atoms with van der Waals surface area (Å²) in [6.45, 7) is 5.03. The Balaban J connectivity index is 0.00000242. The van der Waals surface area contributed by atoms with E-state index in [2.05, 4.69) is 23.3 Å². The van der Waals surface area contributed by atoms with Gasteiger partial charge in [-0.15, -0.1) is 24.8 Å². The molecule has 0 radical (unpaired) electrons. The van der Waals surface area contributed by atoms with Gasteiger partial charge in [-0.3, -0.25) is 9.78 Å². The van der Waals surface area contributed by atoms with Gasteiger partial charge in [0, 0.05) is 31.9 Å². The van der Waals surface area contributed by atoms with E-state index in [1.807, 2.05) is 24.2 Å². The summed E-state index contributed by atoms with van der Waals surface area (Å²) in [5.41, 5.74) is 1.15. The predicted molar refractivity (Wildman–Crippen MR) is 99.6 cm³/mol. The quantitative estimate of drug-likeness (QED) is 0.845. The Morgan fingerprint density at radius 1 is 1.39 bits per heavy atom. The molecule has 2 heterocycles. The number of carbonyl (C=O) groups excluding carboxylic acids is 1. The molecule has 0 bridgehead atoms. The Kier molecular flexibility index (Phi) is 11.2. The second-order valence-corrected chi connectivity index (χ2v) is 6.11. The molecule has 0 aromatic carbocycles. The monoisotopic (exact) mass is 361 g/mol. The topological polar surface area (TPSA) is 45.2 Å². The summed E-state index contributed by atoms with van der Waals surface area (Å²) in [4.78, 5) is 18.6. The molecule has 6 heteroatoms. The number of nitrogens with one attached hydrogen (secondary N) is 1. The van der Waals surface area contributed by atoms with Gasteiger partial charge in [0.2, 0.25) is 5.91 Å². The number of amides is 1. The highest BCUT2D eigenvalue weighted by atomic mass is 35.5. The molecular weight excluding hydrogens is 333 g/mol. The number of piperidine rings is 1. The van der Waals surface area contributed by atoms with Gasteiger partial charge in [-0.05, 0) is 56.3 Å². The van der Waals surface area contributed by atoms with Crippen LogP contribution in [0.15, 0.2) is 24.5 Å². The molecule has 1 aliphatic rings. The highest BCUT2D eigenvalue weighted by Gasteiger charge is 2.23. The number of carbonyl (C=O) groups is 1. The van der Waals surface area contributed by atoms with Gasteiger partial charge in [0.25, 0.3) is 0 Å². The van der Waals surface area contributed by atoms with Crippen molar-refractivity contribution in [2.75, 3.05) is 26.7 Å². The van der Waals surface area contributed by atoms with E-state index in [9.17, 15) is 4.79 Å². The minimum atomic E-state index is 0. The first-order valence-corrected chi connectivity index (χ1v) is 8.03. The number of aromatic nitrogens is 1. The molecule has 1 N–H and O–H groups in total. The van der Waals surface area contributed by atoms with Crippen LogP contribution in [-0.4, -0.2) is 42.5 Å². The van der Waals surface area contributed by atoms with Crippen LogP contribution in [0.5, 0.6) is 0 Å². The van der Waals surface area contributed by atoms with Gasteiger partial charge in [0.05, 0.1) is 0 Å². The standard InChI is InChI=1S/C17H27N3O.2ClH/c1-14(16-4-3-8-19-13-16)12-17(21)20-10-6-15(7-11-20)5-9-18-2;;/h3-4,8,13-15,18H,5-7,9-12H2,1-2H3;2*1H. The van der Waals surface area contributed by atoms with Crippen molar-refractivity contribution in [3.63, 3.8) is 0 Å². The van der Waals surface area contributed by atoms with Crippen molar-refractivity contribution >= 4 is 30.7 Å². The lowest BCUT2D eigenvalue weighted by atomic mass is 9.92. The Hall–Kier alpha value is -0.840. The molecular formula is C17H29Cl2N3O. The molecule has 1 saturated heterocycles. The van der Waals surface area contributed by atoms with Crippen LogP contribution < -0.4 is 5.32 Å². The van der Waals surface area contributed by atoms with Gasteiger partial charge in [0.1, 0.15) is 0 Å². The van der Waals surface area contributed by atoms with Gasteiger partial charge in [-0.25, -0.2) is 0 Å². The molecule has 1 aliphatic heterocycles. The maximum Gasteiger partial charge on any atom is 0.223 e. The average Bonchev–Trinajstić information content (AvgIpc) is 2.54. The molecule has 0 aliphatic carbocycles. The zero-order valence-electron chi connectivity index (χ0n) is 14.0. The van der Waals surface area contributed by atoms with E-state index in [4.69, 9.17) is 0 Å². The van der Waals surface area contributed by atoms with Crippen LogP contribution in [0, 0.1) is 5.92 Å². The van der Waals surface area contributed by atoms with Crippen molar-refractivity contribution in [1.29, 1.82) is 0 Å². The van der Waals surface area contributed by atoms with Crippen molar-refractivity contribution in [3.05, 3.63) is 30.1 Å². The van der Waals surface area contributed by atoms with Crippen molar-refractivity contribution in [2.24, 2.45) is 5.92 Å². The second kappa shape index (κ2) is 11.7. The zero-order chi connectivity index (χ0) is 15.1. The molecule has 23 heavy (non-hydrogen) atoms. The van der Waals surface area contributed by atoms with Gasteiger partial charge < -0.3 is 10.2 Å². The molecule has 0 saturated carbocycles. The molecule has 1 aromatic rings. The Morgan fingerprint density at radius 3 is 2.65 bits per heavy atom. The molecule has 1 aromatic heterocycles. The second-order valence-electron chi connectivity index (χ2n) is 6.11. The van der Waals surface area contributed by atoms with Crippen LogP contribution in [0.4, 0.5) is 0 Å². The number of rotatable bonds is 6. The summed E-state index contributed by atoms with van der Waals surface area (Å²) in [5, 5.41) is 3.21. The van der Waals surface area contributed by atoms with E-state index < -0.39 is 0 Å². The lowest BCUT2D eigenvalue weighted by Crippen LogP contribution is -2.39. The summed E-state index contributed by atoms with van der Waals surface area (Å²) < 4.78 is 0. The SMILES string of the molecule is CNCCC1CCN(C(=O)CC(C)c2cccnc2)CC1.Cl.Cl. The molecule has 132 valence electrons. The normalized spacial score (nSPS) is 16.2. The third-order valence-electron chi connectivity index (χ3n) is 4.50. The third-order valence-corrected chi connectivity index (χ3v) is 4.50. The van der Waals surface area contributed by atoms with Crippen LogP contribution in [0.2, 0.25) is 0 Å². The number of nitrogens with zero attached hydrogens (tertiary/aromatic N) is 2. The summed E-state index contributed by atoms with van der Waals surface area (Å²) in [7, 11) is 2.00. The van der Waals surface area contributed by atoms with Crippen LogP contribution in [-0.2, 0) is 4.79 Å². The Bertz CT molecular complexity index is 437. The first kappa shape index (κ1) is 22.2. The predicted octanol–water partition coefficient (Wildman–Crippen LogP) is 3.27. The van der Waals surface area contributed by atoms with Crippen molar-refractivity contribution in [3.8, 4) is 0 Å². The summed E-state index contributed by atoms with van der Waals surface area (Å²) in [5.74, 6) is 1.31. The summed E-state index contributed by atoms with van der Waals surface area (Å²) in [6.07, 6.45) is 7.75. The average molecular weight is 362 g/mol. The molecule has 2 rings (SSSR count). The first-order valence-electron chi connectivity index (χ1n) is 8.03. The van der Waals surface area contributed by atoms with Crippen molar-refractivity contribution < 1.29 is 4.79 Å². The zero-order valence-corrected chi connectivity index (χ0v) is 15.7. The molecule has 0 spiro atoms. The largest absolute Gasteiger partial charge is 0.343 e. The summed E-state index contributed by atoms with van der Waals surface area (Å²) >= 11 is 0. The fourth-order valence-electron chi connectivity index (χ4n) is 3.00. The van der Waals surface area contributed by atoms with Crippen LogP contribution in [0.3, 0.4) is 0 Å². The van der Waals surface area contributed by atoms with E-state index in [-0.39, 0.29) is 30.7 Å². The van der Waals surface area contributed by atoms with Crippen molar-refractivity contribution in [1.82, 2.24) is 15.2 Å². The maximum absolute atomic E-state index is 12.4. The first-order chi connectivity index (χ1) is 10.2. The summed E-state index contributed by atoms with van der Waals surface area (Å²) in [6, 6.07) is 3.98. The molecule has 1 atom stereocenters. The number of pyridine rings is 1. The lowest BCUT2D eigenvalue weighted by molar-refractivity contribution is -0.132. The smallest absolute Gasteiger partial charge is 0.223 e. The number of halogens is 2. The minimum Gasteiger partial charge on any atom is -0.343 e. The number of hydrogen-bond donors (Lipinski definition) is 1. The Labute approximate surface area is 152 Å². The van der Waals surface area contributed by atoms with E-state index in [0.29, 0.717) is 12.3 Å². The highest BCUT2D eigenvalue weighted by Crippen LogP contribution is 2.23. The van der Waals surface area contributed by atoms with Gasteiger partial charge in [0.15, 0.2) is 0 Å². The number of hydrogen-bond acceptors (Lipinski definition) is 3. The highest BCUT2D eigenvalue weighted by molar-refractivity contribution is 5.85. The molecule has 1 unspecified atom stereocenters. The fourth-order valence-corrected chi connectivity index (χ4v) is 3.00. The van der Waals surface area contributed by atoms with Crippen molar-refractivity contribution in [2.45, 2.75) is 38.5 Å². The molecule has 4 nitrogen and oxygen atoms in total. The van der Waals surface area contributed by atoms with Crippen LogP contribution in [0.25, 0.3) is 0 Å². The van der Waals surface area contributed by atoms with Gasteiger partial charge >= 0.3 is 0 Å². The van der Waals surface area contributed by atoms with Crippen LogP contribution >= 0.6 is 24.8 Å². The minimum absolute atomic E-state index is 0. The lowest BCUT2D eigenvalue weighted by Gasteiger charge is -2.32. The van der Waals surface area contributed by atoms with E-state index in [0.717, 1.165) is 44.0 Å². The van der Waals surface area contributed by atoms with E-state index in [1.165, 1.54) is 6.42 Å².